The van der Waals surface area contributed by atoms with Gasteiger partial charge in [-0.2, -0.15) is 4.36 Å². The van der Waals surface area contributed by atoms with Gasteiger partial charge in [-0.15, -0.1) is 0 Å². The van der Waals surface area contributed by atoms with Crippen molar-refractivity contribution < 1.29 is 37.0 Å². The van der Waals surface area contributed by atoms with Crippen molar-refractivity contribution in [2.24, 2.45) is 4.36 Å². The van der Waals surface area contributed by atoms with Crippen LogP contribution in [0.4, 0.5) is 20.7 Å². The normalized spacial score (nSPS) is 21.2. The van der Waals surface area contributed by atoms with E-state index in [1.165, 1.54) is 17.2 Å². The monoisotopic (exact) mass is 568 g/mol. The van der Waals surface area contributed by atoms with Gasteiger partial charge in [-0.05, 0) is 30.2 Å². The van der Waals surface area contributed by atoms with E-state index in [2.05, 4.69) is 14.8 Å². The molecule has 3 aromatic rings. The summed E-state index contributed by atoms with van der Waals surface area (Å²) in [7, 11) is -2.98. The molecule has 13 heteroatoms. The highest BCUT2D eigenvalue weighted by Gasteiger charge is 2.33. The summed E-state index contributed by atoms with van der Waals surface area (Å²) in [5, 5.41) is 6.73. The average molecular weight is 569 g/mol. The highest BCUT2D eigenvalue weighted by atomic mass is 32.2. The van der Waals surface area contributed by atoms with Gasteiger partial charge in [-0.1, -0.05) is 41.6 Å². The highest BCUT2D eigenvalue weighted by molar-refractivity contribution is 7.94. The van der Waals surface area contributed by atoms with Crippen LogP contribution in [0, 0.1) is 5.82 Å². The standard InChI is InChI=1S/C27H25FN4O7S/c28-23-14-20(32-16-21(39-27(32)35)15-29-24-8-11-38-30-24)6-7-22(23)18-9-12-40(36,13-10-18)31-26(34)25(37-17-33)19-4-2-1-3-5-19/h1-9,11,14,17,21,25H,10,12-13,15-16H2,(H,29,30)/t21-,25+,40?/m0/s1. The molecule has 2 aliphatic heterocycles. The smallest absolute Gasteiger partial charge is 0.414 e. The van der Waals surface area contributed by atoms with E-state index >= 15 is 4.39 Å². The minimum absolute atomic E-state index is 0.0347. The Hall–Kier alpha value is -4.52. The maximum atomic E-state index is 15.2. The second-order valence-electron chi connectivity index (χ2n) is 9.12. The molecule has 40 heavy (non-hydrogen) atoms. The number of hydrogen-bond donors (Lipinski definition) is 1. The van der Waals surface area contributed by atoms with E-state index in [0.29, 0.717) is 34.8 Å². The number of nitrogens with one attached hydrogen (secondary N) is 1. The zero-order chi connectivity index (χ0) is 28.1. The van der Waals surface area contributed by atoms with Crippen molar-refractivity contribution in [3.63, 3.8) is 0 Å². The molecule has 0 spiro atoms. The molecule has 3 heterocycles. The largest absolute Gasteiger partial charge is 0.449 e. The van der Waals surface area contributed by atoms with Crippen molar-refractivity contribution in [3.05, 3.63) is 83.9 Å². The number of aromatic nitrogens is 1. The molecule has 0 saturated carbocycles. The Balaban J connectivity index is 1.26. The molecule has 11 nitrogen and oxygen atoms in total. The van der Waals surface area contributed by atoms with E-state index in [1.807, 2.05) is 0 Å². The molecule has 1 saturated heterocycles. The summed E-state index contributed by atoms with van der Waals surface area (Å²) in [5.74, 6) is -0.880. The summed E-state index contributed by atoms with van der Waals surface area (Å²) in [4.78, 5) is 37.4. The van der Waals surface area contributed by atoms with Crippen LogP contribution in [0.5, 0.6) is 0 Å². The van der Waals surface area contributed by atoms with Gasteiger partial charge in [-0.3, -0.25) is 14.5 Å². The second-order valence-corrected chi connectivity index (χ2v) is 11.6. The van der Waals surface area contributed by atoms with Crippen LogP contribution in [-0.4, -0.2) is 58.5 Å². The number of benzene rings is 2. The zero-order valence-electron chi connectivity index (χ0n) is 21.1. The fraction of sp³-hybridized carbons (Fsp3) is 0.259. The van der Waals surface area contributed by atoms with E-state index in [4.69, 9.17) is 14.0 Å². The van der Waals surface area contributed by atoms with Crippen molar-refractivity contribution in [2.75, 3.05) is 34.8 Å². The van der Waals surface area contributed by atoms with E-state index in [-0.39, 0.29) is 30.9 Å². The summed E-state index contributed by atoms with van der Waals surface area (Å²) in [5.41, 5.74) is 1.69. The summed E-state index contributed by atoms with van der Waals surface area (Å²) in [6.45, 7) is 0.684. The molecule has 2 aliphatic rings. The lowest BCUT2D eigenvalue weighted by Crippen LogP contribution is -2.27. The number of allylic oxidation sites excluding steroid dienone is 1. The fourth-order valence-electron chi connectivity index (χ4n) is 4.48. The van der Waals surface area contributed by atoms with Gasteiger partial charge in [0.25, 0.3) is 12.4 Å². The highest BCUT2D eigenvalue weighted by Crippen LogP contribution is 2.31. The predicted molar refractivity (Wildman–Crippen MR) is 143 cm³/mol. The molecule has 1 fully saturated rings. The van der Waals surface area contributed by atoms with E-state index in [9.17, 15) is 18.6 Å². The number of amides is 2. The van der Waals surface area contributed by atoms with Gasteiger partial charge < -0.3 is 19.3 Å². The molecular weight excluding hydrogens is 543 g/mol. The van der Waals surface area contributed by atoms with Crippen LogP contribution in [0.1, 0.15) is 23.7 Å². The molecule has 0 bridgehead atoms. The molecule has 208 valence electrons. The topological polar surface area (TPSA) is 140 Å². The SMILES string of the molecule is O=CO[C@@H](C(=O)N=S1(=O)CC=C(c2ccc(N3C[C@H](CNc4ccon4)OC3=O)cc2F)CC1)c1ccccc1. The Bertz CT molecular complexity index is 1550. The summed E-state index contributed by atoms with van der Waals surface area (Å²) in [6, 6.07) is 14.4. The molecule has 0 aliphatic carbocycles. The lowest BCUT2D eigenvalue weighted by atomic mass is 10.0. The second kappa shape index (κ2) is 11.7. The van der Waals surface area contributed by atoms with Gasteiger partial charge in [-0.25, -0.2) is 13.4 Å². The number of carbonyl (C=O) groups is 3. The van der Waals surface area contributed by atoms with Gasteiger partial charge in [0.15, 0.2) is 5.82 Å². The lowest BCUT2D eigenvalue weighted by molar-refractivity contribution is -0.143. The van der Waals surface area contributed by atoms with Crippen LogP contribution < -0.4 is 10.2 Å². The van der Waals surface area contributed by atoms with Gasteiger partial charge >= 0.3 is 6.09 Å². The van der Waals surface area contributed by atoms with Gasteiger partial charge in [0.05, 0.1) is 34.3 Å². The molecule has 2 aromatic carbocycles. The summed E-state index contributed by atoms with van der Waals surface area (Å²) < 4.78 is 47.4. The van der Waals surface area contributed by atoms with E-state index in [1.54, 1.807) is 54.6 Å². The maximum absolute atomic E-state index is 15.2. The van der Waals surface area contributed by atoms with Gasteiger partial charge in [0, 0.05) is 22.9 Å². The van der Waals surface area contributed by atoms with Crippen LogP contribution in [-0.2, 0) is 28.8 Å². The number of cyclic esters (lactones) is 1. The predicted octanol–water partition coefficient (Wildman–Crippen LogP) is 3.95. The minimum atomic E-state index is -2.98. The quantitative estimate of drug-likeness (QED) is 0.380. The Morgan fingerprint density at radius 1 is 1.27 bits per heavy atom. The first-order chi connectivity index (χ1) is 19.3. The fourth-order valence-corrected chi connectivity index (χ4v) is 6.24. The molecule has 1 unspecified atom stereocenters. The van der Waals surface area contributed by atoms with Crippen molar-refractivity contribution >= 4 is 45.3 Å². The van der Waals surface area contributed by atoms with Crippen LogP contribution in [0.3, 0.4) is 0 Å². The van der Waals surface area contributed by atoms with Crippen molar-refractivity contribution in [3.8, 4) is 0 Å². The molecular formula is C27H25FN4O7S. The van der Waals surface area contributed by atoms with Gasteiger partial charge in [0.1, 0.15) is 18.2 Å². The molecule has 0 radical (unpaired) electrons. The number of ether oxygens (including phenoxy) is 2. The Morgan fingerprint density at radius 3 is 2.77 bits per heavy atom. The number of anilines is 2. The molecule has 2 amide bonds. The maximum Gasteiger partial charge on any atom is 0.414 e. The third-order valence-electron chi connectivity index (χ3n) is 6.49. The number of nitrogens with zero attached hydrogens (tertiary/aromatic N) is 3. The van der Waals surface area contributed by atoms with E-state index in [0.717, 1.165) is 0 Å². The number of halogens is 1. The lowest BCUT2D eigenvalue weighted by Gasteiger charge is -2.20. The van der Waals surface area contributed by atoms with E-state index < -0.39 is 39.8 Å². The van der Waals surface area contributed by atoms with Crippen molar-refractivity contribution in [1.82, 2.24) is 5.16 Å². The number of hydrogen-bond acceptors (Lipinski definition) is 9. The number of carbonyl (C=O) groups excluding carboxylic acids is 3. The molecule has 1 N–H and O–H groups in total. The molecule has 1 aromatic heterocycles. The first kappa shape index (κ1) is 27.1. The zero-order valence-corrected chi connectivity index (χ0v) is 21.9. The third-order valence-corrected chi connectivity index (χ3v) is 8.53. The van der Waals surface area contributed by atoms with Crippen LogP contribution >= 0.6 is 0 Å². The van der Waals surface area contributed by atoms with Crippen LogP contribution in [0.15, 0.2) is 75.8 Å². The van der Waals surface area contributed by atoms with Crippen LogP contribution in [0.25, 0.3) is 5.57 Å². The average Bonchev–Trinajstić information content (AvgIpc) is 3.61. The summed E-state index contributed by atoms with van der Waals surface area (Å²) in [6.07, 6.45) is 0.898. The molecule has 3 atom stereocenters. The Morgan fingerprint density at radius 2 is 2.10 bits per heavy atom. The third kappa shape index (κ3) is 6.04. The Kier molecular flexibility index (Phi) is 7.91. The Labute approximate surface area is 229 Å². The van der Waals surface area contributed by atoms with Gasteiger partial charge in [0.2, 0.25) is 6.10 Å². The first-order valence-corrected chi connectivity index (χ1v) is 14.2. The van der Waals surface area contributed by atoms with Crippen LogP contribution in [0.2, 0.25) is 0 Å². The number of rotatable bonds is 9. The van der Waals surface area contributed by atoms with Crippen molar-refractivity contribution in [2.45, 2.75) is 18.6 Å². The van der Waals surface area contributed by atoms with Crippen molar-refractivity contribution in [1.29, 1.82) is 0 Å². The first-order valence-electron chi connectivity index (χ1n) is 12.4. The summed E-state index contributed by atoms with van der Waals surface area (Å²) >= 11 is 0. The minimum Gasteiger partial charge on any atom is -0.449 e. The molecule has 5 rings (SSSR count).